The summed E-state index contributed by atoms with van der Waals surface area (Å²) in [5, 5.41) is 8.30. The second-order valence-electron chi connectivity index (χ2n) is 5.41. The van der Waals surface area contributed by atoms with Crippen molar-refractivity contribution in [2.24, 2.45) is 0 Å². The molecular weight excluding hydrogens is 294 g/mol. The van der Waals surface area contributed by atoms with Gasteiger partial charge in [-0.05, 0) is 35.9 Å². The zero-order chi connectivity index (χ0) is 15.8. The topological polar surface area (TPSA) is 74.1 Å². The van der Waals surface area contributed by atoms with Crippen LogP contribution in [0.5, 0.6) is 5.75 Å². The van der Waals surface area contributed by atoms with E-state index in [1.165, 1.54) is 0 Å². The molecular formula is C17H13N3O3. The Labute approximate surface area is 131 Å². The van der Waals surface area contributed by atoms with E-state index in [4.69, 9.17) is 4.74 Å². The molecule has 2 heterocycles. The summed E-state index contributed by atoms with van der Waals surface area (Å²) in [5.74, 6) is 0.649. The number of aromatic nitrogens is 3. The van der Waals surface area contributed by atoms with Gasteiger partial charge in [-0.15, -0.1) is 5.10 Å². The lowest BCUT2D eigenvalue weighted by Crippen LogP contribution is -2.27. The van der Waals surface area contributed by atoms with E-state index in [2.05, 4.69) is 10.3 Å². The molecule has 2 aromatic carbocycles. The van der Waals surface area contributed by atoms with Gasteiger partial charge < -0.3 is 4.74 Å². The van der Waals surface area contributed by atoms with E-state index < -0.39 is 0 Å². The van der Waals surface area contributed by atoms with Crippen LogP contribution in [-0.2, 0) is 13.0 Å². The second-order valence-corrected chi connectivity index (χ2v) is 5.41. The lowest BCUT2D eigenvalue weighted by atomic mass is 10.1. The molecule has 4 rings (SSSR count). The van der Waals surface area contributed by atoms with Gasteiger partial charge in [-0.2, -0.15) is 0 Å². The van der Waals surface area contributed by atoms with Crippen LogP contribution >= 0.6 is 0 Å². The maximum Gasteiger partial charge on any atom is 0.278 e. The Balaban J connectivity index is 1.66. The molecule has 0 amide bonds. The third-order valence-electron chi connectivity index (χ3n) is 3.93. The lowest BCUT2D eigenvalue weighted by molar-refractivity contribution is 0.0964. The van der Waals surface area contributed by atoms with Crippen molar-refractivity contribution in [3.05, 3.63) is 63.9 Å². The Kier molecular flexibility index (Phi) is 3.15. The van der Waals surface area contributed by atoms with Crippen LogP contribution in [0, 0.1) is 0 Å². The van der Waals surface area contributed by atoms with E-state index in [0.29, 0.717) is 23.1 Å². The average molecular weight is 307 g/mol. The summed E-state index contributed by atoms with van der Waals surface area (Å²) in [6.45, 7) is 0.513. The number of Topliss-reactive ketones (excluding diaryl/α,β-unsaturated/α-hetero) is 1. The minimum Gasteiger partial charge on any atom is -0.493 e. The summed E-state index contributed by atoms with van der Waals surface area (Å²) < 4.78 is 6.54. The number of benzene rings is 2. The van der Waals surface area contributed by atoms with Crippen molar-refractivity contribution < 1.29 is 9.53 Å². The van der Waals surface area contributed by atoms with Gasteiger partial charge in [-0.3, -0.25) is 9.59 Å². The van der Waals surface area contributed by atoms with Crippen LogP contribution in [0.4, 0.5) is 0 Å². The first kappa shape index (κ1) is 13.6. The predicted molar refractivity (Wildman–Crippen MR) is 83.8 cm³/mol. The minimum atomic E-state index is -0.312. The van der Waals surface area contributed by atoms with Crippen molar-refractivity contribution in [2.75, 3.05) is 6.61 Å². The standard InChI is InChI=1S/C17H13N3O3/c21-15(11-5-6-16-12(9-11)7-8-23-16)10-20-17(22)13-3-1-2-4-14(13)18-19-20/h1-6,9H,7-8,10H2. The van der Waals surface area contributed by atoms with Gasteiger partial charge in [0.05, 0.1) is 12.0 Å². The molecule has 6 nitrogen and oxygen atoms in total. The van der Waals surface area contributed by atoms with E-state index in [-0.39, 0.29) is 17.9 Å². The molecule has 23 heavy (non-hydrogen) atoms. The van der Waals surface area contributed by atoms with Crippen LogP contribution in [0.15, 0.2) is 47.3 Å². The highest BCUT2D eigenvalue weighted by Crippen LogP contribution is 2.26. The van der Waals surface area contributed by atoms with E-state index in [9.17, 15) is 9.59 Å². The monoisotopic (exact) mass is 307 g/mol. The fraction of sp³-hybridized carbons (Fsp3) is 0.176. The normalized spacial score (nSPS) is 12.9. The summed E-state index contributed by atoms with van der Waals surface area (Å²) in [5.41, 5.74) is 1.79. The van der Waals surface area contributed by atoms with Crippen molar-refractivity contribution in [3.63, 3.8) is 0 Å². The molecule has 114 valence electrons. The van der Waals surface area contributed by atoms with Gasteiger partial charge in [0.25, 0.3) is 5.56 Å². The van der Waals surface area contributed by atoms with E-state index in [0.717, 1.165) is 22.4 Å². The van der Waals surface area contributed by atoms with Crippen LogP contribution < -0.4 is 10.3 Å². The number of rotatable bonds is 3. The first-order chi connectivity index (χ1) is 11.2. The predicted octanol–water partition coefficient (Wildman–Crippen LogP) is 1.61. The van der Waals surface area contributed by atoms with E-state index >= 15 is 0 Å². The summed E-state index contributed by atoms with van der Waals surface area (Å²) in [7, 11) is 0. The third-order valence-corrected chi connectivity index (χ3v) is 3.93. The smallest absolute Gasteiger partial charge is 0.278 e. The molecule has 1 aliphatic rings. The maximum atomic E-state index is 12.4. The molecule has 0 aliphatic carbocycles. The average Bonchev–Trinajstić information content (AvgIpc) is 3.05. The van der Waals surface area contributed by atoms with Gasteiger partial charge in [-0.25, -0.2) is 4.68 Å². The zero-order valence-corrected chi connectivity index (χ0v) is 12.2. The molecule has 0 unspecified atom stereocenters. The van der Waals surface area contributed by atoms with Gasteiger partial charge in [0, 0.05) is 12.0 Å². The Hall–Kier alpha value is -3.02. The number of hydrogen-bond donors (Lipinski definition) is 0. The molecule has 0 saturated carbocycles. The Morgan fingerprint density at radius 3 is 3.00 bits per heavy atom. The summed E-state index contributed by atoms with van der Waals surface area (Å²) in [6.07, 6.45) is 0.798. The highest BCUT2D eigenvalue weighted by molar-refractivity contribution is 5.96. The third kappa shape index (κ3) is 2.38. The summed E-state index contributed by atoms with van der Waals surface area (Å²) in [6, 6.07) is 12.3. The van der Waals surface area contributed by atoms with Gasteiger partial charge in [0.15, 0.2) is 5.78 Å². The maximum absolute atomic E-state index is 12.4. The number of carbonyl (C=O) groups excluding carboxylic acids is 1. The highest BCUT2D eigenvalue weighted by atomic mass is 16.5. The van der Waals surface area contributed by atoms with Gasteiger partial charge >= 0.3 is 0 Å². The van der Waals surface area contributed by atoms with Crippen molar-refractivity contribution in [1.82, 2.24) is 15.0 Å². The molecule has 0 saturated heterocycles. The molecule has 1 aliphatic heterocycles. The number of nitrogens with zero attached hydrogens (tertiary/aromatic N) is 3. The fourth-order valence-electron chi connectivity index (χ4n) is 2.71. The SMILES string of the molecule is O=C(Cn1nnc2ccccc2c1=O)c1ccc2c(c1)CCO2. The van der Waals surface area contributed by atoms with Crippen molar-refractivity contribution in [2.45, 2.75) is 13.0 Å². The van der Waals surface area contributed by atoms with Crippen LogP contribution in [0.25, 0.3) is 10.9 Å². The van der Waals surface area contributed by atoms with Gasteiger partial charge in [0.1, 0.15) is 17.8 Å². The molecule has 3 aromatic rings. The Bertz CT molecular complexity index is 978. The van der Waals surface area contributed by atoms with E-state index in [1.807, 2.05) is 6.07 Å². The Morgan fingerprint density at radius 2 is 2.09 bits per heavy atom. The highest BCUT2D eigenvalue weighted by Gasteiger charge is 2.16. The number of ketones is 1. The molecule has 0 spiro atoms. The number of carbonyl (C=O) groups is 1. The molecule has 0 radical (unpaired) electrons. The number of ether oxygens (including phenoxy) is 1. The molecule has 0 N–H and O–H groups in total. The largest absolute Gasteiger partial charge is 0.493 e. The molecule has 1 aromatic heterocycles. The van der Waals surface area contributed by atoms with Crippen molar-refractivity contribution in [1.29, 1.82) is 0 Å². The summed E-state index contributed by atoms with van der Waals surface area (Å²) in [4.78, 5) is 24.8. The first-order valence-corrected chi connectivity index (χ1v) is 7.34. The minimum absolute atomic E-state index is 0.129. The van der Waals surface area contributed by atoms with E-state index in [1.54, 1.807) is 36.4 Å². The first-order valence-electron chi connectivity index (χ1n) is 7.34. The Morgan fingerprint density at radius 1 is 1.22 bits per heavy atom. The van der Waals surface area contributed by atoms with Crippen molar-refractivity contribution >= 4 is 16.7 Å². The number of hydrogen-bond acceptors (Lipinski definition) is 5. The van der Waals surface area contributed by atoms with Crippen LogP contribution in [0.2, 0.25) is 0 Å². The van der Waals surface area contributed by atoms with Gasteiger partial charge in [-0.1, -0.05) is 17.3 Å². The molecule has 0 atom stereocenters. The summed E-state index contributed by atoms with van der Waals surface area (Å²) >= 11 is 0. The fourth-order valence-corrected chi connectivity index (χ4v) is 2.71. The van der Waals surface area contributed by atoms with Crippen molar-refractivity contribution in [3.8, 4) is 5.75 Å². The second kappa shape index (κ2) is 5.31. The molecule has 6 heteroatoms. The van der Waals surface area contributed by atoms with Crippen LogP contribution in [0.1, 0.15) is 15.9 Å². The molecule has 0 bridgehead atoms. The number of fused-ring (bicyclic) bond motifs is 2. The lowest BCUT2D eigenvalue weighted by Gasteiger charge is -2.06. The quantitative estimate of drug-likeness (QED) is 0.687. The molecule has 0 fully saturated rings. The van der Waals surface area contributed by atoms with Gasteiger partial charge in [0.2, 0.25) is 0 Å². The van der Waals surface area contributed by atoms with Crippen LogP contribution in [0.3, 0.4) is 0 Å². The zero-order valence-electron chi connectivity index (χ0n) is 12.2. The van der Waals surface area contributed by atoms with Crippen LogP contribution in [-0.4, -0.2) is 27.4 Å².